The monoisotopic (exact) mass is 532 g/mol. The summed E-state index contributed by atoms with van der Waals surface area (Å²) in [5.74, 6) is -0.577. The van der Waals surface area contributed by atoms with E-state index in [-0.39, 0.29) is 17.6 Å². The zero-order chi connectivity index (χ0) is 25.1. The number of nitrogens with one attached hydrogen (secondary N) is 1. The second kappa shape index (κ2) is 10.5. The third-order valence-electron chi connectivity index (χ3n) is 5.52. The summed E-state index contributed by atoms with van der Waals surface area (Å²) < 4.78 is 5.59. The number of rotatable bonds is 5. The average Bonchev–Trinajstić information content (AvgIpc) is 3.20. The summed E-state index contributed by atoms with van der Waals surface area (Å²) in [5, 5.41) is 15.7. The van der Waals surface area contributed by atoms with E-state index in [1.807, 2.05) is 4.90 Å². The molecule has 1 saturated heterocycles. The fourth-order valence-corrected chi connectivity index (χ4v) is 5.48. The number of esters is 1. The number of piperazine rings is 1. The lowest BCUT2D eigenvalue weighted by molar-refractivity contribution is -0.384. The molecule has 0 radical (unpaired) electrons. The largest absolute Gasteiger partial charge is 0.462 e. The quantitative estimate of drug-likeness (QED) is 0.216. The van der Waals surface area contributed by atoms with Gasteiger partial charge in [-0.1, -0.05) is 11.6 Å². The average molecular weight is 533 g/mol. The Morgan fingerprint density at radius 1 is 1.14 bits per heavy atom. The fourth-order valence-electron chi connectivity index (χ4n) is 3.67. The third-order valence-corrected chi connectivity index (χ3v) is 7.52. The number of amides is 1. The van der Waals surface area contributed by atoms with Crippen LogP contribution in [0.3, 0.4) is 0 Å². The van der Waals surface area contributed by atoms with E-state index in [4.69, 9.17) is 28.6 Å². The minimum atomic E-state index is -0.473. The number of carbonyl (C=O) groups is 2. The molecular formula is C23H21ClN4O5S2. The molecule has 4 rings (SSSR count). The normalized spacial score (nSPS) is 13.5. The Balaban J connectivity index is 1.36. The highest BCUT2D eigenvalue weighted by molar-refractivity contribution is 7.80. The van der Waals surface area contributed by atoms with Crippen LogP contribution >= 0.6 is 35.2 Å². The van der Waals surface area contributed by atoms with Gasteiger partial charge in [0.1, 0.15) is 4.88 Å². The molecule has 0 unspecified atom stereocenters. The predicted molar refractivity (Wildman–Crippen MR) is 140 cm³/mol. The second-order valence-electron chi connectivity index (χ2n) is 7.69. The molecule has 0 atom stereocenters. The van der Waals surface area contributed by atoms with Crippen LogP contribution in [0, 0.1) is 10.1 Å². The van der Waals surface area contributed by atoms with E-state index < -0.39 is 4.92 Å². The van der Waals surface area contributed by atoms with E-state index in [2.05, 4.69) is 5.32 Å². The number of hydrogen-bond donors (Lipinski definition) is 1. The molecule has 1 aliphatic rings. The first-order valence-electron chi connectivity index (χ1n) is 10.8. The maximum Gasteiger partial charge on any atom is 0.338 e. The van der Waals surface area contributed by atoms with Gasteiger partial charge in [0.2, 0.25) is 0 Å². The number of hydrogen-bond acceptors (Lipinski definition) is 7. The number of nitro groups is 1. The molecule has 12 heteroatoms. The highest BCUT2D eigenvalue weighted by atomic mass is 35.5. The summed E-state index contributed by atoms with van der Waals surface area (Å²) in [4.78, 5) is 39.5. The number of carbonyl (C=O) groups excluding carboxylic acids is 2. The van der Waals surface area contributed by atoms with Gasteiger partial charge in [-0.3, -0.25) is 14.9 Å². The fraction of sp³-hybridized carbons (Fsp3) is 0.261. The Morgan fingerprint density at radius 3 is 2.43 bits per heavy atom. The minimum absolute atomic E-state index is 0.0421. The molecular weight excluding hydrogens is 512 g/mol. The van der Waals surface area contributed by atoms with Gasteiger partial charge >= 0.3 is 5.97 Å². The van der Waals surface area contributed by atoms with Crippen LogP contribution in [0.25, 0.3) is 10.1 Å². The Labute approximate surface area is 215 Å². The van der Waals surface area contributed by atoms with Gasteiger partial charge in [-0.2, -0.15) is 0 Å². The zero-order valence-corrected chi connectivity index (χ0v) is 21.0. The molecule has 35 heavy (non-hydrogen) atoms. The first kappa shape index (κ1) is 24.8. The van der Waals surface area contributed by atoms with Crippen LogP contribution in [0.2, 0.25) is 5.02 Å². The van der Waals surface area contributed by atoms with Crippen LogP contribution in [-0.4, -0.2) is 64.5 Å². The van der Waals surface area contributed by atoms with Crippen molar-refractivity contribution >= 4 is 73.6 Å². The highest BCUT2D eigenvalue weighted by Crippen LogP contribution is 2.38. The SMILES string of the molecule is CCOC(=O)c1ccc(NC(=S)N2CCN(C(=O)c3sc4cc([N+](=O)[O-])ccc4c3Cl)CC2)cc1. The van der Waals surface area contributed by atoms with Gasteiger partial charge in [0.15, 0.2) is 5.11 Å². The smallest absolute Gasteiger partial charge is 0.338 e. The van der Waals surface area contributed by atoms with E-state index in [0.717, 1.165) is 17.0 Å². The van der Waals surface area contributed by atoms with Crippen molar-refractivity contribution in [3.63, 3.8) is 0 Å². The molecule has 182 valence electrons. The van der Waals surface area contributed by atoms with E-state index in [0.29, 0.717) is 63.4 Å². The van der Waals surface area contributed by atoms with Crippen molar-refractivity contribution in [1.29, 1.82) is 0 Å². The molecule has 1 N–H and O–H groups in total. The predicted octanol–water partition coefficient (Wildman–Crippen LogP) is 4.79. The minimum Gasteiger partial charge on any atom is -0.462 e. The molecule has 1 fully saturated rings. The van der Waals surface area contributed by atoms with Gasteiger partial charge < -0.3 is 19.9 Å². The van der Waals surface area contributed by atoms with Crippen molar-refractivity contribution in [3.8, 4) is 0 Å². The standard InChI is InChI=1S/C23H21ClN4O5S2/c1-2-33-22(30)14-3-5-15(6-4-14)25-23(34)27-11-9-26(10-12-27)21(29)20-19(24)17-8-7-16(28(31)32)13-18(17)35-20/h3-8,13H,2,9-12H2,1H3,(H,25,34). The third kappa shape index (κ3) is 5.37. The lowest BCUT2D eigenvalue weighted by Gasteiger charge is -2.36. The summed E-state index contributed by atoms with van der Waals surface area (Å²) in [7, 11) is 0. The molecule has 2 aromatic carbocycles. The molecule has 1 aliphatic heterocycles. The van der Waals surface area contributed by atoms with Gasteiger partial charge in [-0.25, -0.2) is 4.79 Å². The van der Waals surface area contributed by atoms with Crippen molar-refractivity contribution in [1.82, 2.24) is 9.80 Å². The van der Waals surface area contributed by atoms with Crippen molar-refractivity contribution in [3.05, 3.63) is 68.0 Å². The number of thiophene rings is 1. The number of fused-ring (bicyclic) bond motifs is 1. The summed E-state index contributed by atoms with van der Waals surface area (Å²) >= 11 is 13.1. The van der Waals surface area contributed by atoms with E-state index >= 15 is 0 Å². The lowest BCUT2D eigenvalue weighted by Crippen LogP contribution is -2.51. The molecule has 1 amide bonds. The van der Waals surface area contributed by atoms with E-state index in [1.54, 1.807) is 42.2 Å². The van der Waals surface area contributed by atoms with Gasteiger partial charge in [-0.15, -0.1) is 11.3 Å². The molecule has 0 aliphatic carbocycles. The molecule has 0 bridgehead atoms. The van der Waals surface area contributed by atoms with E-state index in [9.17, 15) is 19.7 Å². The van der Waals surface area contributed by atoms with Crippen molar-refractivity contribution in [2.75, 3.05) is 38.1 Å². The number of ether oxygens (including phenoxy) is 1. The molecule has 3 aromatic rings. The molecule has 2 heterocycles. The Bertz CT molecular complexity index is 1300. The number of anilines is 1. The van der Waals surface area contributed by atoms with Gasteiger partial charge in [0.25, 0.3) is 11.6 Å². The van der Waals surface area contributed by atoms with Crippen LogP contribution in [0.1, 0.15) is 27.0 Å². The summed E-state index contributed by atoms with van der Waals surface area (Å²) in [6.07, 6.45) is 0. The Hall–Kier alpha value is -3.28. The molecule has 9 nitrogen and oxygen atoms in total. The number of thiocarbonyl (C=S) groups is 1. The van der Waals surface area contributed by atoms with Crippen molar-refractivity contribution < 1.29 is 19.2 Å². The number of nitrogens with zero attached hydrogens (tertiary/aromatic N) is 3. The first-order chi connectivity index (χ1) is 16.8. The van der Waals surface area contributed by atoms with Gasteiger partial charge in [0.05, 0.1) is 22.1 Å². The van der Waals surface area contributed by atoms with Crippen LogP contribution in [0.4, 0.5) is 11.4 Å². The van der Waals surface area contributed by atoms with Gasteiger partial charge in [-0.05, 0) is 49.5 Å². The zero-order valence-electron chi connectivity index (χ0n) is 18.7. The molecule has 0 spiro atoms. The number of halogens is 1. The van der Waals surface area contributed by atoms with Gasteiger partial charge in [0, 0.05) is 54.1 Å². The van der Waals surface area contributed by atoms with E-state index in [1.165, 1.54) is 12.1 Å². The first-order valence-corrected chi connectivity index (χ1v) is 12.4. The number of benzene rings is 2. The van der Waals surface area contributed by atoms with Crippen LogP contribution < -0.4 is 5.32 Å². The van der Waals surface area contributed by atoms with Crippen LogP contribution in [0.5, 0.6) is 0 Å². The molecule has 0 saturated carbocycles. The second-order valence-corrected chi connectivity index (χ2v) is 9.51. The highest BCUT2D eigenvalue weighted by Gasteiger charge is 2.27. The lowest BCUT2D eigenvalue weighted by atomic mass is 10.2. The Kier molecular flexibility index (Phi) is 7.48. The Morgan fingerprint density at radius 2 is 1.80 bits per heavy atom. The van der Waals surface area contributed by atoms with Crippen LogP contribution in [-0.2, 0) is 4.74 Å². The summed E-state index contributed by atoms with van der Waals surface area (Å²) in [5.41, 5.74) is 1.16. The maximum absolute atomic E-state index is 13.1. The molecule has 1 aromatic heterocycles. The number of non-ortho nitro benzene ring substituents is 1. The van der Waals surface area contributed by atoms with Crippen molar-refractivity contribution in [2.24, 2.45) is 0 Å². The van der Waals surface area contributed by atoms with Crippen molar-refractivity contribution in [2.45, 2.75) is 6.92 Å². The number of nitro benzene ring substituents is 1. The maximum atomic E-state index is 13.1. The topological polar surface area (TPSA) is 105 Å². The van der Waals surface area contributed by atoms with Crippen LogP contribution in [0.15, 0.2) is 42.5 Å². The summed E-state index contributed by atoms with van der Waals surface area (Å²) in [6, 6.07) is 11.2. The summed E-state index contributed by atoms with van der Waals surface area (Å²) in [6.45, 7) is 4.04.